The van der Waals surface area contributed by atoms with E-state index in [2.05, 4.69) is 5.32 Å². The number of rotatable bonds is 4. The molecule has 2 aromatic carbocycles. The summed E-state index contributed by atoms with van der Waals surface area (Å²) in [7, 11) is 0. The van der Waals surface area contributed by atoms with Gasteiger partial charge in [0, 0.05) is 6.42 Å². The third-order valence-corrected chi connectivity index (χ3v) is 4.12. The summed E-state index contributed by atoms with van der Waals surface area (Å²) in [4.78, 5) is 12.0. The summed E-state index contributed by atoms with van der Waals surface area (Å²) in [6, 6.07) is 10.8. The van der Waals surface area contributed by atoms with Crippen molar-refractivity contribution in [1.29, 1.82) is 0 Å². The number of carbonyl (C=O) groups excluding carboxylic acids is 1. The van der Waals surface area contributed by atoms with Gasteiger partial charge in [-0.3, -0.25) is 4.79 Å². The normalized spacial score (nSPS) is 12.3. The van der Waals surface area contributed by atoms with E-state index in [4.69, 9.17) is 32.7 Å². The van der Waals surface area contributed by atoms with Crippen LogP contribution in [0.4, 0.5) is 5.69 Å². The second kappa shape index (κ2) is 6.46. The molecule has 6 heteroatoms. The van der Waals surface area contributed by atoms with Gasteiger partial charge in [0.2, 0.25) is 12.7 Å². The van der Waals surface area contributed by atoms with Crippen LogP contribution in [0.5, 0.6) is 11.5 Å². The minimum absolute atomic E-state index is 0.123. The van der Waals surface area contributed by atoms with Crippen LogP contribution in [0.25, 0.3) is 0 Å². The van der Waals surface area contributed by atoms with Gasteiger partial charge in [0.1, 0.15) is 0 Å². The lowest BCUT2D eigenvalue weighted by Crippen LogP contribution is -2.12. The van der Waals surface area contributed by atoms with Gasteiger partial charge in [0.15, 0.2) is 11.5 Å². The van der Waals surface area contributed by atoms with Crippen molar-refractivity contribution < 1.29 is 14.3 Å². The van der Waals surface area contributed by atoms with Gasteiger partial charge in [-0.15, -0.1) is 0 Å². The molecule has 1 aliphatic rings. The molecular weight excluding hydrogens is 325 g/mol. The third-order valence-electron chi connectivity index (χ3n) is 3.30. The average Bonchev–Trinajstić information content (AvgIpc) is 2.97. The predicted molar refractivity (Wildman–Crippen MR) is 86.0 cm³/mol. The van der Waals surface area contributed by atoms with Gasteiger partial charge < -0.3 is 14.8 Å². The molecule has 22 heavy (non-hydrogen) atoms. The quantitative estimate of drug-likeness (QED) is 0.904. The summed E-state index contributed by atoms with van der Waals surface area (Å²) >= 11 is 12.0. The van der Waals surface area contributed by atoms with Gasteiger partial charge in [0.25, 0.3) is 0 Å². The lowest BCUT2D eigenvalue weighted by Gasteiger charge is -2.08. The number of ether oxygens (including phenoxy) is 2. The molecule has 0 radical (unpaired) electrons. The number of benzene rings is 2. The molecule has 1 heterocycles. The van der Waals surface area contributed by atoms with Crippen LogP contribution < -0.4 is 14.8 Å². The van der Waals surface area contributed by atoms with Crippen LogP contribution in [0, 0.1) is 0 Å². The van der Waals surface area contributed by atoms with Crippen molar-refractivity contribution >= 4 is 34.8 Å². The maximum atomic E-state index is 12.0. The lowest BCUT2D eigenvalue weighted by atomic mass is 10.1. The Morgan fingerprint density at radius 1 is 1.14 bits per heavy atom. The number of hydrogen-bond donors (Lipinski definition) is 1. The van der Waals surface area contributed by atoms with E-state index in [1.807, 2.05) is 18.2 Å². The topological polar surface area (TPSA) is 47.6 Å². The van der Waals surface area contributed by atoms with Crippen LogP contribution in [-0.2, 0) is 11.2 Å². The summed E-state index contributed by atoms with van der Waals surface area (Å²) in [5.74, 6) is 1.33. The summed E-state index contributed by atoms with van der Waals surface area (Å²) in [6.07, 6.45) is 0.934. The van der Waals surface area contributed by atoms with Crippen molar-refractivity contribution in [3.63, 3.8) is 0 Å². The highest BCUT2D eigenvalue weighted by Gasteiger charge is 2.14. The molecule has 0 aliphatic carbocycles. The summed E-state index contributed by atoms with van der Waals surface area (Å²) in [5, 5.41) is 3.52. The number of amides is 1. The van der Waals surface area contributed by atoms with Crippen molar-refractivity contribution in [3.8, 4) is 11.5 Å². The Labute approximate surface area is 137 Å². The highest BCUT2D eigenvalue weighted by molar-refractivity contribution is 6.43. The van der Waals surface area contributed by atoms with Crippen LogP contribution >= 0.6 is 23.2 Å². The van der Waals surface area contributed by atoms with Gasteiger partial charge in [-0.05, 0) is 36.2 Å². The molecule has 0 bridgehead atoms. The Morgan fingerprint density at radius 3 is 2.82 bits per heavy atom. The molecular formula is C16H13Cl2NO3. The monoisotopic (exact) mass is 337 g/mol. The van der Waals surface area contributed by atoms with Gasteiger partial charge in [0.05, 0.1) is 15.7 Å². The number of halogens is 2. The molecule has 1 N–H and O–H groups in total. The molecule has 4 nitrogen and oxygen atoms in total. The largest absolute Gasteiger partial charge is 0.454 e. The second-order valence-corrected chi connectivity index (χ2v) is 5.62. The van der Waals surface area contributed by atoms with Crippen LogP contribution in [0.1, 0.15) is 12.0 Å². The fourth-order valence-electron chi connectivity index (χ4n) is 2.17. The van der Waals surface area contributed by atoms with Crippen molar-refractivity contribution in [2.24, 2.45) is 0 Å². The standard InChI is InChI=1S/C16H13Cl2NO3/c17-11-2-1-3-12(16(11)18)19-15(20)7-5-10-4-6-13-14(8-10)22-9-21-13/h1-4,6,8H,5,7,9H2,(H,19,20). The van der Waals surface area contributed by atoms with E-state index >= 15 is 0 Å². The highest BCUT2D eigenvalue weighted by Crippen LogP contribution is 2.33. The van der Waals surface area contributed by atoms with Gasteiger partial charge in [-0.1, -0.05) is 35.3 Å². The zero-order valence-electron chi connectivity index (χ0n) is 11.6. The number of hydrogen-bond acceptors (Lipinski definition) is 3. The van der Waals surface area contributed by atoms with Crippen molar-refractivity contribution in [2.45, 2.75) is 12.8 Å². The van der Waals surface area contributed by atoms with E-state index in [1.54, 1.807) is 18.2 Å². The number of nitrogens with one attached hydrogen (secondary N) is 1. The first kappa shape index (κ1) is 15.0. The molecule has 0 fully saturated rings. The molecule has 0 unspecified atom stereocenters. The summed E-state index contributed by atoms with van der Waals surface area (Å²) < 4.78 is 10.6. The van der Waals surface area contributed by atoms with Crippen LogP contribution in [-0.4, -0.2) is 12.7 Å². The minimum Gasteiger partial charge on any atom is -0.454 e. The Hall–Kier alpha value is -1.91. The molecule has 3 rings (SSSR count). The number of anilines is 1. The molecule has 1 aliphatic heterocycles. The first-order chi connectivity index (χ1) is 10.6. The van der Waals surface area contributed by atoms with Crippen LogP contribution in [0.2, 0.25) is 10.0 Å². The molecule has 114 valence electrons. The zero-order chi connectivity index (χ0) is 15.5. The van der Waals surface area contributed by atoms with Gasteiger partial charge >= 0.3 is 0 Å². The Balaban J connectivity index is 1.59. The van der Waals surface area contributed by atoms with Gasteiger partial charge in [-0.25, -0.2) is 0 Å². The average molecular weight is 338 g/mol. The molecule has 1 amide bonds. The van der Waals surface area contributed by atoms with Crippen molar-refractivity contribution in [2.75, 3.05) is 12.1 Å². The van der Waals surface area contributed by atoms with Gasteiger partial charge in [-0.2, -0.15) is 0 Å². The van der Waals surface area contributed by atoms with Crippen molar-refractivity contribution in [3.05, 3.63) is 52.0 Å². The Bertz CT molecular complexity index is 719. The fourth-order valence-corrected chi connectivity index (χ4v) is 2.52. The number of aryl methyl sites for hydroxylation is 1. The van der Waals surface area contributed by atoms with E-state index in [0.717, 1.165) is 17.1 Å². The maximum Gasteiger partial charge on any atom is 0.231 e. The predicted octanol–water partition coefficient (Wildman–Crippen LogP) is 4.29. The van der Waals surface area contributed by atoms with E-state index in [-0.39, 0.29) is 12.7 Å². The smallest absolute Gasteiger partial charge is 0.231 e. The Morgan fingerprint density at radius 2 is 1.95 bits per heavy atom. The Kier molecular flexibility index (Phi) is 4.41. The lowest BCUT2D eigenvalue weighted by molar-refractivity contribution is -0.116. The van der Waals surface area contributed by atoms with Crippen LogP contribution in [0.15, 0.2) is 36.4 Å². The first-order valence-corrected chi connectivity index (χ1v) is 7.51. The summed E-state index contributed by atoms with van der Waals surface area (Å²) in [6.45, 7) is 0.243. The SMILES string of the molecule is O=C(CCc1ccc2c(c1)OCO2)Nc1cccc(Cl)c1Cl. The second-order valence-electron chi connectivity index (χ2n) is 4.84. The fraction of sp³-hybridized carbons (Fsp3) is 0.188. The van der Waals surface area contributed by atoms with Crippen LogP contribution in [0.3, 0.4) is 0 Å². The zero-order valence-corrected chi connectivity index (χ0v) is 13.1. The molecule has 0 atom stereocenters. The molecule has 2 aromatic rings. The van der Waals surface area contributed by atoms with E-state index in [0.29, 0.717) is 28.6 Å². The molecule has 0 aromatic heterocycles. The number of carbonyl (C=O) groups is 1. The van der Waals surface area contributed by atoms with E-state index in [9.17, 15) is 4.79 Å². The first-order valence-electron chi connectivity index (χ1n) is 6.76. The minimum atomic E-state index is -0.123. The highest BCUT2D eigenvalue weighted by atomic mass is 35.5. The van der Waals surface area contributed by atoms with Crippen molar-refractivity contribution in [1.82, 2.24) is 0 Å². The number of fused-ring (bicyclic) bond motifs is 1. The molecule has 0 spiro atoms. The van der Waals surface area contributed by atoms with E-state index < -0.39 is 0 Å². The third kappa shape index (κ3) is 3.29. The molecule has 0 saturated carbocycles. The van der Waals surface area contributed by atoms with E-state index in [1.165, 1.54) is 0 Å². The summed E-state index contributed by atoms with van der Waals surface area (Å²) in [5.41, 5.74) is 1.53. The maximum absolute atomic E-state index is 12.0. The molecule has 0 saturated heterocycles.